The molecule has 43 valence electrons. The highest BCUT2D eigenvalue weighted by Crippen LogP contribution is 2.07. The van der Waals surface area contributed by atoms with Crippen molar-refractivity contribution in [1.82, 2.24) is 9.97 Å². The van der Waals surface area contributed by atoms with Gasteiger partial charge in [0.1, 0.15) is 12.5 Å². The molecule has 0 spiro atoms. The molecule has 0 saturated heterocycles. The first-order valence-corrected chi connectivity index (χ1v) is 2.53. The van der Waals surface area contributed by atoms with E-state index in [1.165, 1.54) is 6.33 Å². The van der Waals surface area contributed by atoms with Crippen LogP contribution in [0.2, 0.25) is 0 Å². The van der Waals surface area contributed by atoms with Crippen LogP contribution in [0.5, 0.6) is 0 Å². The van der Waals surface area contributed by atoms with Gasteiger partial charge in [-0.25, -0.2) is 9.97 Å². The first-order valence-electron chi connectivity index (χ1n) is 2.53. The monoisotopic (exact) mass is 119 g/mol. The van der Waals surface area contributed by atoms with Crippen LogP contribution in [0.15, 0.2) is 23.1 Å². The van der Waals surface area contributed by atoms with E-state index in [-0.39, 0.29) is 0 Å². The maximum absolute atomic E-state index is 4.94. The summed E-state index contributed by atoms with van der Waals surface area (Å²) in [5.41, 5.74) is 0.588. The molecular formula is C6H3N2O. The van der Waals surface area contributed by atoms with Crippen LogP contribution in [0.25, 0.3) is 11.1 Å². The summed E-state index contributed by atoms with van der Waals surface area (Å²) < 4.78 is 4.94. The number of hydrogen-bond acceptors (Lipinski definition) is 3. The molecule has 3 nitrogen and oxygen atoms in total. The van der Waals surface area contributed by atoms with Gasteiger partial charge in [-0.2, -0.15) is 0 Å². The molecule has 2 aromatic rings. The van der Waals surface area contributed by atoms with Crippen molar-refractivity contribution < 1.29 is 4.42 Å². The van der Waals surface area contributed by atoms with Crippen LogP contribution in [0.1, 0.15) is 0 Å². The van der Waals surface area contributed by atoms with Crippen LogP contribution in [0.3, 0.4) is 0 Å². The van der Waals surface area contributed by atoms with E-state index in [0.29, 0.717) is 5.71 Å². The fraction of sp³-hybridized carbons (Fsp3) is 0. The van der Waals surface area contributed by atoms with Crippen molar-refractivity contribution in [1.29, 1.82) is 0 Å². The Hall–Kier alpha value is -1.38. The van der Waals surface area contributed by atoms with Crippen molar-refractivity contribution >= 4 is 11.1 Å². The van der Waals surface area contributed by atoms with E-state index in [1.807, 2.05) is 0 Å². The maximum Gasteiger partial charge on any atom is 0.229 e. The van der Waals surface area contributed by atoms with Gasteiger partial charge in [0.25, 0.3) is 0 Å². The molecule has 9 heavy (non-hydrogen) atoms. The third kappa shape index (κ3) is 0.579. The quantitative estimate of drug-likeness (QED) is 0.519. The Morgan fingerprint density at radius 3 is 3.44 bits per heavy atom. The Morgan fingerprint density at radius 2 is 2.56 bits per heavy atom. The molecule has 0 N–H and O–H groups in total. The van der Waals surface area contributed by atoms with Crippen LogP contribution in [-0.2, 0) is 0 Å². The second-order valence-corrected chi connectivity index (χ2v) is 1.62. The normalized spacial score (nSPS) is 10.2. The SMILES string of the molecule is [c]1ncnc2occc12. The van der Waals surface area contributed by atoms with Crippen molar-refractivity contribution in [3.8, 4) is 0 Å². The smallest absolute Gasteiger partial charge is 0.229 e. The van der Waals surface area contributed by atoms with Gasteiger partial charge in [-0.3, -0.25) is 0 Å². The Balaban J connectivity index is 2.95. The summed E-state index contributed by atoms with van der Waals surface area (Å²) in [6.07, 6.45) is 5.70. The van der Waals surface area contributed by atoms with E-state index in [1.54, 1.807) is 12.3 Å². The molecular weight excluding hydrogens is 116 g/mol. The van der Waals surface area contributed by atoms with Gasteiger partial charge in [0.2, 0.25) is 5.71 Å². The van der Waals surface area contributed by atoms with E-state index in [2.05, 4.69) is 16.2 Å². The van der Waals surface area contributed by atoms with Gasteiger partial charge in [0.05, 0.1) is 11.6 Å². The van der Waals surface area contributed by atoms with Crippen LogP contribution >= 0.6 is 0 Å². The van der Waals surface area contributed by atoms with Gasteiger partial charge >= 0.3 is 0 Å². The Bertz CT molecular complexity index is 285. The minimum absolute atomic E-state index is 0.588. The van der Waals surface area contributed by atoms with E-state index in [9.17, 15) is 0 Å². The summed E-state index contributed by atoms with van der Waals surface area (Å²) in [6, 6.07) is 1.77. The molecule has 0 fully saturated rings. The van der Waals surface area contributed by atoms with Crippen molar-refractivity contribution in [2.45, 2.75) is 0 Å². The second-order valence-electron chi connectivity index (χ2n) is 1.62. The minimum atomic E-state index is 0.588. The van der Waals surface area contributed by atoms with Crippen LogP contribution < -0.4 is 0 Å². The van der Waals surface area contributed by atoms with E-state index in [0.717, 1.165) is 5.39 Å². The molecule has 0 aliphatic heterocycles. The van der Waals surface area contributed by atoms with Gasteiger partial charge in [0.15, 0.2) is 0 Å². The number of furan rings is 1. The van der Waals surface area contributed by atoms with Crippen molar-refractivity contribution in [3.63, 3.8) is 0 Å². The van der Waals surface area contributed by atoms with Crippen molar-refractivity contribution in [3.05, 3.63) is 24.9 Å². The van der Waals surface area contributed by atoms with Crippen LogP contribution in [0, 0.1) is 6.20 Å². The Labute approximate surface area is 51.3 Å². The Kier molecular flexibility index (Phi) is 0.773. The van der Waals surface area contributed by atoms with Gasteiger partial charge in [-0.15, -0.1) is 0 Å². The largest absolute Gasteiger partial charge is 0.446 e. The molecule has 0 saturated carbocycles. The third-order valence-electron chi connectivity index (χ3n) is 1.06. The van der Waals surface area contributed by atoms with Crippen molar-refractivity contribution in [2.24, 2.45) is 0 Å². The third-order valence-corrected chi connectivity index (χ3v) is 1.06. The molecule has 0 amide bonds. The predicted molar refractivity (Wildman–Crippen MR) is 30.6 cm³/mol. The Morgan fingerprint density at radius 1 is 1.56 bits per heavy atom. The topological polar surface area (TPSA) is 38.9 Å². The number of nitrogens with zero attached hydrogens (tertiary/aromatic N) is 2. The van der Waals surface area contributed by atoms with E-state index < -0.39 is 0 Å². The average molecular weight is 119 g/mol. The highest BCUT2D eigenvalue weighted by atomic mass is 16.3. The van der Waals surface area contributed by atoms with E-state index >= 15 is 0 Å². The fourth-order valence-electron chi connectivity index (χ4n) is 0.666. The number of rotatable bonds is 0. The first-order chi connectivity index (χ1) is 4.47. The molecule has 0 unspecified atom stereocenters. The molecule has 1 radical (unpaired) electrons. The fourth-order valence-corrected chi connectivity index (χ4v) is 0.666. The summed E-state index contributed by atoms with van der Waals surface area (Å²) in [5.74, 6) is 0. The molecule has 0 aliphatic carbocycles. The zero-order chi connectivity index (χ0) is 6.10. The summed E-state index contributed by atoms with van der Waals surface area (Å²) in [7, 11) is 0. The first kappa shape index (κ1) is 4.49. The lowest BCUT2D eigenvalue weighted by atomic mass is 10.4. The number of aromatic nitrogens is 2. The summed E-state index contributed by atoms with van der Waals surface area (Å²) in [6.45, 7) is 0. The minimum Gasteiger partial charge on any atom is -0.446 e. The molecule has 2 aromatic heterocycles. The predicted octanol–water partition coefficient (Wildman–Crippen LogP) is 1.02. The molecule has 3 heteroatoms. The molecule has 0 aliphatic rings. The molecule has 0 aromatic carbocycles. The summed E-state index contributed by atoms with van der Waals surface area (Å²) in [5, 5.41) is 0.817. The molecule has 0 bridgehead atoms. The molecule has 2 heterocycles. The zero-order valence-corrected chi connectivity index (χ0v) is 4.53. The van der Waals surface area contributed by atoms with E-state index in [4.69, 9.17) is 4.42 Å². The molecule has 2 rings (SSSR count). The number of hydrogen-bond donors (Lipinski definition) is 0. The van der Waals surface area contributed by atoms with Crippen molar-refractivity contribution in [2.75, 3.05) is 0 Å². The van der Waals surface area contributed by atoms with Crippen LogP contribution in [-0.4, -0.2) is 9.97 Å². The molecule has 0 atom stereocenters. The van der Waals surface area contributed by atoms with Crippen LogP contribution in [0.4, 0.5) is 0 Å². The van der Waals surface area contributed by atoms with Gasteiger partial charge in [-0.1, -0.05) is 0 Å². The van der Waals surface area contributed by atoms with Gasteiger partial charge in [0, 0.05) is 0 Å². The van der Waals surface area contributed by atoms with Gasteiger partial charge < -0.3 is 4.42 Å². The highest BCUT2D eigenvalue weighted by molar-refractivity contribution is 5.70. The highest BCUT2D eigenvalue weighted by Gasteiger charge is 1.93. The average Bonchev–Trinajstić information content (AvgIpc) is 2.33. The summed E-state index contributed by atoms with van der Waals surface area (Å²) in [4.78, 5) is 7.52. The lowest BCUT2D eigenvalue weighted by Crippen LogP contribution is -1.73. The van der Waals surface area contributed by atoms with Gasteiger partial charge in [-0.05, 0) is 6.07 Å². The zero-order valence-electron chi connectivity index (χ0n) is 4.53. The standard InChI is InChI=1S/C6H3N2O/c1-2-9-6-5(1)3-7-4-8-6/h1-2,4H. The second kappa shape index (κ2) is 1.55. The summed E-state index contributed by atoms with van der Waals surface area (Å²) >= 11 is 0. The lowest BCUT2D eigenvalue weighted by molar-refractivity contribution is 0.602. The lowest BCUT2D eigenvalue weighted by Gasteiger charge is -1.79. The maximum atomic E-state index is 4.94. The number of fused-ring (bicyclic) bond motifs is 1.